The quantitative estimate of drug-likeness (QED) is 0.292. The van der Waals surface area contributed by atoms with Gasteiger partial charge in [-0.2, -0.15) is 0 Å². The van der Waals surface area contributed by atoms with Crippen molar-refractivity contribution >= 4 is 62.7 Å². The number of carbonyl (C=O) groups is 3. The van der Waals surface area contributed by atoms with Gasteiger partial charge in [-0.25, -0.2) is 0 Å². The van der Waals surface area contributed by atoms with E-state index in [0.717, 1.165) is 15.7 Å². The van der Waals surface area contributed by atoms with Crippen molar-refractivity contribution in [3.05, 3.63) is 81.2 Å². The van der Waals surface area contributed by atoms with Gasteiger partial charge in [-0.05, 0) is 35.4 Å². The van der Waals surface area contributed by atoms with Gasteiger partial charge in [0.05, 0.1) is 23.0 Å². The molecular weight excluding hydrogens is 496 g/mol. The number of fused-ring (bicyclic) bond motifs is 1. The predicted molar refractivity (Wildman–Crippen MR) is 141 cm³/mol. The van der Waals surface area contributed by atoms with Crippen molar-refractivity contribution in [2.45, 2.75) is 0 Å². The first-order valence-corrected chi connectivity index (χ1v) is 12.4. The molecule has 0 radical (unpaired) electrons. The molecule has 2 heterocycles. The SMILES string of the molecule is O=C(CN1C(=O)S/C(=C\c2cc([N+](=O)[O-])ccc2N2CCOCC2)C1=O)Nc1cccc2ccccc12. The summed E-state index contributed by atoms with van der Waals surface area (Å²) in [6.45, 7) is 1.76. The Morgan fingerprint density at radius 3 is 2.62 bits per heavy atom. The Labute approximate surface area is 216 Å². The number of nitro benzene ring substituents is 1. The first-order chi connectivity index (χ1) is 17.9. The largest absolute Gasteiger partial charge is 0.378 e. The highest BCUT2D eigenvalue weighted by Gasteiger charge is 2.36. The molecule has 5 rings (SSSR count). The molecule has 1 N–H and O–H groups in total. The summed E-state index contributed by atoms with van der Waals surface area (Å²) in [6, 6.07) is 17.5. The topological polar surface area (TPSA) is 122 Å². The number of nitro groups is 1. The smallest absolute Gasteiger partial charge is 0.294 e. The number of ether oxygens (including phenoxy) is 1. The van der Waals surface area contributed by atoms with E-state index in [-0.39, 0.29) is 10.6 Å². The summed E-state index contributed by atoms with van der Waals surface area (Å²) < 4.78 is 5.39. The van der Waals surface area contributed by atoms with E-state index < -0.39 is 28.5 Å². The first kappa shape index (κ1) is 24.5. The highest BCUT2D eigenvalue weighted by molar-refractivity contribution is 8.18. The van der Waals surface area contributed by atoms with Crippen molar-refractivity contribution in [1.82, 2.24) is 4.90 Å². The van der Waals surface area contributed by atoms with Crippen molar-refractivity contribution in [2.24, 2.45) is 0 Å². The third kappa shape index (κ3) is 5.18. The number of carbonyl (C=O) groups excluding carboxylic acids is 3. The van der Waals surface area contributed by atoms with Crippen LogP contribution < -0.4 is 10.2 Å². The number of hydrogen-bond donors (Lipinski definition) is 1. The van der Waals surface area contributed by atoms with Crippen LogP contribution >= 0.6 is 11.8 Å². The number of morpholine rings is 1. The molecule has 2 saturated heterocycles. The third-order valence-corrected chi connectivity index (χ3v) is 7.01. The molecule has 37 heavy (non-hydrogen) atoms. The van der Waals surface area contributed by atoms with Crippen LogP contribution in [-0.2, 0) is 14.3 Å². The molecule has 0 bridgehead atoms. The average molecular weight is 519 g/mol. The van der Waals surface area contributed by atoms with E-state index in [1.54, 1.807) is 12.1 Å². The molecule has 2 fully saturated rings. The van der Waals surface area contributed by atoms with E-state index in [4.69, 9.17) is 4.74 Å². The molecule has 3 amide bonds. The molecular formula is C26H22N4O6S. The van der Waals surface area contributed by atoms with E-state index in [2.05, 4.69) is 5.32 Å². The fourth-order valence-corrected chi connectivity index (χ4v) is 5.14. The number of hydrogen-bond acceptors (Lipinski definition) is 8. The average Bonchev–Trinajstić information content (AvgIpc) is 3.16. The number of amides is 3. The standard InChI is InChI=1S/C26H22N4O6S/c31-24(27-21-7-3-5-17-4-1-2-6-20(17)21)16-29-25(32)23(37-26(29)33)15-18-14-19(30(34)35)8-9-22(18)28-10-12-36-13-11-28/h1-9,14-15H,10-13,16H2,(H,27,31)/b23-15-. The van der Waals surface area contributed by atoms with Crippen LogP contribution in [-0.4, -0.2) is 59.7 Å². The van der Waals surface area contributed by atoms with Crippen LogP contribution in [0.4, 0.5) is 21.9 Å². The number of nitrogens with one attached hydrogen (secondary N) is 1. The second-order valence-corrected chi connectivity index (χ2v) is 9.44. The highest BCUT2D eigenvalue weighted by atomic mass is 32.2. The van der Waals surface area contributed by atoms with Crippen molar-refractivity contribution in [1.29, 1.82) is 0 Å². The van der Waals surface area contributed by atoms with E-state index in [0.29, 0.717) is 55.0 Å². The number of nitrogens with zero attached hydrogens (tertiary/aromatic N) is 3. The predicted octanol–water partition coefficient (Wildman–Crippen LogP) is 4.26. The van der Waals surface area contributed by atoms with Crippen LogP contribution in [0.25, 0.3) is 16.8 Å². The van der Waals surface area contributed by atoms with Crippen LogP contribution in [0.5, 0.6) is 0 Å². The number of benzene rings is 3. The summed E-state index contributed by atoms with van der Waals surface area (Å²) in [5, 5.41) is 15.4. The molecule has 0 aliphatic carbocycles. The molecule has 0 aromatic heterocycles. The Morgan fingerprint density at radius 2 is 1.84 bits per heavy atom. The molecule has 3 aromatic carbocycles. The van der Waals surface area contributed by atoms with Gasteiger partial charge < -0.3 is 15.0 Å². The number of rotatable bonds is 6. The van der Waals surface area contributed by atoms with Gasteiger partial charge in [-0.15, -0.1) is 0 Å². The van der Waals surface area contributed by atoms with Crippen molar-refractivity contribution in [3.63, 3.8) is 0 Å². The summed E-state index contributed by atoms with van der Waals surface area (Å²) >= 11 is 0.703. The Kier molecular flexibility index (Phi) is 6.89. The second-order valence-electron chi connectivity index (χ2n) is 8.44. The molecule has 0 saturated carbocycles. The Hall–Kier alpha value is -4.22. The maximum Gasteiger partial charge on any atom is 0.294 e. The minimum Gasteiger partial charge on any atom is -0.378 e. The van der Waals surface area contributed by atoms with Gasteiger partial charge in [0, 0.05) is 47.5 Å². The number of thioether (sulfide) groups is 1. The Morgan fingerprint density at radius 1 is 1.08 bits per heavy atom. The van der Waals surface area contributed by atoms with Crippen molar-refractivity contribution in [3.8, 4) is 0 Å². The normalized spacial score (nSPS) is 17.0. The highest BCUT2D eigenvalue weighted by Crippen LogP contribution is 2.35. The lowest BCUT2D eigenvalue weighted by molar-refractivity contribution is -0.384. The van der Waals surface area contributed by atoms with Gasteiger partial charge in [0.15, 0.2) is 0 Å². The minimum absolute atomic E-state index is 0.0953. The summed E-state index contributed by atoms with van der Waals surface area (Å²) in [5.74, 6) is -1.13. The van der Waals surface area contributed by atoms with Crippen molar-refractivity contribution < 1.29 is 24.0 Å². The molecule has 188 valence electrons. The van der Waals surface area contributed by atoms with E-state index in [1.807, 2.05) is 41.3 Å². The van der Waals surface area contributed by atoms with Gasteiger partial charge in [0.1, 0.15) is 6.54 Å². The zero-order valence-electron chi connectivity index (χ0n) is 19.6. The number of imide groups is 1. The fourth-order valence-electron chi connectivity index (χ4n) is 4.31. The lowest BCUT2D eigenvalue weighted by atomic mass is 10.1. The van der Waals surface area contributed by atoms with Crippen LogP contribution in [0, 0.1) is 10.1 Å². The van der Waals surface area contributed by atoms with Crippen LogP contribution in [0.15, 0.2) is 65.6 Å². The molecule has 0 atom stereocenters. The maximum absolute atomic E-state index is 13.1. The van der Waals surface area contributed by atoms with Gasteiger partial charge in [-0.1, -0.05) is 36.4 Å². The van der Waals surface area contributed by atoms with E-state index in [9.17, 15) is 24.5 Å². The molecule has 2 aliphatic rings. The molecule has 2 aliphatic heterocycles. The van der Waals surface area contributed by atoms with Gasteiger partial charge in [-0.3, -0.25) is 29.4 Å². The van der Waals surface area contributed by atoms with Crippen LogP contribution in [0.1, 0.15) is 5.56 Å². The maximum atomic E-state index is 13.1. The lowest BCUT2D eigenvalue weighted by Crippen LogP contribution is -2.36. The molecule has 10 nitrogen and oxygen atoms in total. The minimum atomic E-state index is -0.623. The molecule has 11 heteroatoms. The Bertz CT molecular complexity index is 1440. The summed E-state index contributed by atoms with van der Waals surface area (Å²) in [5.41, 5.74) is 1.60. The van der Waals surface area contributed by atoms with Crippen LogP contribution in [0.3, 0.4) is 0 Å². The summed E-state index contributed by atoms with van der Waals surface area (Å²) in [6.07, 6.45) is 1.48. The Balaban J connectivity index is 1.37. The van der Waals surface area contributed by atoms with Crippen LogP contribution in [0.2, 0.25) is 0 Å². The molecule has 0 spiro atoms. The fraction of sp³-hybridized carbons (Fsp3) is 0.192. The van der Waals surface area contributed by atoms with Gasteiger partial charge >= 0.3 is 0 Å². The summed E-state index contributed by atoms with van der Waals surface area (Å²) in [4.78, 5) is 52.4. The monoisotopic (exact) mass is 518 g/mol. The summed E-state index contributed by atoms with van der Waals surface area (Å²) in [7, 11) is 0. The zero-order valence-corrected chi connectivity index (χ0v) is 20.4. The van der Waals surface area contributed by atoms with E-state index >= 15 is 0 Å². The zero-order chi connectivity index (χ0) is 25.9. The number of non-ortho nitro benzene ring substituents is 1. The number of anilines is 2. The first-order valence-electron chi connectivity index (χ1n) is 11.5. The lowest BCUT2D eigenvalue weighted by Gasteiger charge is -2.30. The third-order valence-electron chi connectivity index (χ3n) is 6.10. The van der Waals surface area contributed by atoms with Gasteiger partial charge in [0.2, 0.25) is 5.91 Å². The molecule has 0 unspecified atom stereocenters. The van der Waals surface area contributed by atoms with Crippen molar-refractivity contribution in [2.75, 3.05) is 43.1 Å². The van der Waals surface area contributed by atoms with E-state index in [1.165, 1.54) is 18.2 Å². The van der Waals surface area contributed by atoms with Gasteiger partial charge in [0.25, 0.3) is 16.8 Å². The molecule has 3 aromatic rings. The second kappa shape index (κ2) is 10.4.